The van der Waals surface area contributed by atoms with Gasteiger partial charge < -0.3 is 14.8 Å². The number of hydrogen-bond donors (Lipinski definition) is 1. The SMILES string of the molecule is Cc1cc(CNC(=O)N(C)C)c(C)n1-c1ccccc1. The lowest BCUT2D eigenvalue weighted by Gasteiger charge is -2.12. The van der Waals surface area contributed by atoms with Gasteiger partial charge in [-0.1, -0.05) is 18.2 Å². The Labute approximate surface area is 120 Å². The molecule has 0 saturated carbocycles. The van der Waals surface area contributed by atoms with E-state index >= 15 is 0 Å². The molecule has 20 heavy (non-hydrogen) atoms. The van der Waals surface area contributed by atoms with E-state index in [0.29, 0.717) is 6.54 Å². The predicted molar refractivity (Wildman–Crippen MR) is 81.2 cm³/mol. The van der Waals surface area contributed by atoms with Crippen molar-refractivity contribution >= 4 is 6.03 Å². The molecular weight excluding hydrogens is 250 g/mol. The van der Waals surface area contributed by atoms with Crippen molar-refractivity contribution in [3.63, 3.8) is 0 Å². The largest absolute Gasteiger partial charge is 0.334 e. The number of rotatable bonds is 3. The van der Waals surface area contributed by atoms with Crippen LogP contribution in [0.2, 0.25) is 0 Å². The van der Waals surface area contributed by atoms with Crippen LogP contribution in [0.5, 0.6) is 0 Å². The second kappa shape index (κ2) is 5.82. The summed E-state index contributed by atoms with van der Waals surface area (Å²) in [5.41, 5.74) is 4.62. The highest BCUT2D eigenvalue weighted by atomic mass is 16.2. The Kier molecular flexibility index (Phi) is 4.13. The minimum Gasteiger partial charge on any atom is -0.334 e. The van der Waals surface area contributed by atoms with E-state index in [9.17, 15) is 4.79 Å². The Balaban J connectivity index is 2.24. The summed E-state index contributed by atoms with van der Waals surface area (Å²) in [6, 6.07) is 12.3. The van der Waals surface area contributed by atoms with Crippen molar-refractivity contribution in [2.45, 2.75) is 20.4 Å². The topological polar surface area (TPSA) is 37.3 Å². The van der Waals surface area contributed by atoms with E-state index < -0.39 is 0 Å². The summed E-state index contributed by atoms with van der Waals surface area (Å²) in [7, 11) is 3.48. The first-order chi connectivity index (χ1) is 9.50. The Morgan fingerprint density at radius 2 is 1.85 bits per heavy atom. The first kappa shape index (κ1) is 14.2. The number of urea groups is 1. The molecule has 4 heteroatoms. The zero-order chi connectivity index (χ0) is 14.7. The van der Waals surface area contributed by atoms with Crippen LogP contribution < -0.4 is 5.32 Å². The minimum atomic E-state index is -0.0745. The molecule has 2 rings (SSSR count). The molecule has 1 N–H and O–H groups in total. The number of aromatic nitrogens is 1. The molecule has 0 unspecified atom stereocenters. The molecule has 0 spiro atoms. The molecule has 0 aliphatic rings. The van der Waals surface area contributed by atoms with Gasteiger partial charge in [-0.15, -0.1) is 0 Å². The smallest absolute Gasteiger partial charge is 0.317 e. The van der Waals surface area contributed by atoms with Crippen LogP contribution >= 0.6 is 0 Å². The highest BCUT2D eigenvalue weighted by Gasteiger charge is 2.11. The van der Waals surface area contributed by atoms with E-state index in [4.69, 9.17) is 0 Å². The summed E-state index contributed by atoms with van der Waals surface area (Å²) in [6.07, 6.45) is 0. The lowest BCUT2D eigenvalue weighted by Crippen LogP contribution is -2.34. The highest BCUT2D eigenvalue weighted by molar-refractivity contribution is 5.73. The maximum absolute atomic E-state index is 11.6. The van der Waals surface area contributed by atoms with Crippen molar-refractivity contribution < 1.29 is 4.79 Å². The summed E-state index contributed by atoms with van der Waals surface area (Å²) in [5, 5.41) is 2.90. The third kappa shape index (κ3) is 2.85. The Hall–Kier alpha value is -2.23. The average Bonchev–Trinajstić information content (AvgIpc) is 2.71. The summed E-state index contributed by atoms with van der Waals surface area (Å²) in [5.74, 6) is 0. The fraction of sp³-hybridized carbons (Fsp3) is 0.312. The fourth-order valence-electron chi connectivity index (χ4n) is 2.31. The Morgan fingerprint density at radius 1 is 1.20 bits per heavy atom. The van der Waals surface area contributed by atoms with Gasteiger partial charge in [-0.3, -0.25) is 0 Å². The van der Waals surface area contributed by atoms with Crippen LogP contribution in [0.4, 0.5) is 4.79 Å². The summed E-state index contributed by atoms with van der Waals surface area (Å²) in [4.78, 5) is 13.1. The normalized spacial score (nSPS) is 10.4. The first-order valence-electron chi connectivity index (χ1n) is 6.69. The van der Waals surface area contributed by atoms with E-state index in [0.717, 1.165) is 16.9 Å². The summed E-state index contributed by atoms with van der Waals surface area (Å²) in [6.45, 7) is 4.71. The van der Waals surface area contributed by atoms with Gasteiger partial charge in [-0.25, -0.2) is 4.79 Å². The maximum Gasteiger partial charge on any atom is 0.317 e. The van der Waals surface area contributed by atoms with Crippen molar-refractivity contribution in [2.75, 3.05) is 14.1 Å². The molecule has 0 saturated heterocycles. The Bertz CT molecular complexity index is 600. The zero-order valence-corrected chi connectivity index (χ0v) is 12.5. The Morgan fingerprint density at radius 3 is 2.45 bits per heavy atom. The highest BCUT2D eigenvalue weighted by Crippen LogP contribution is 2.20. The van der Waals surface area contributed by atoms with Crippen LogP contribution in [0.25, 0.3) is 5.69 Å². The molecule has 0 aliphatic carbocycles. The molecule has 0 fully saturated rings. The monoisotopic (exact) mass is 271 g/mol. The quantitative estimate of drug-likeness (QED) is 0.915. The van der Waals surface area contributed by atoms with Gasteiger partial charge in [0.25, 0.3) is 0 Å². The molecule has 0 bridgehead atoms. The third-order valence-electron chi connectivity index (χ3n) is 3.39. The van der Waals surface area contributed by atoms with Crippen molar-refractivity contribution in [1.82, 2.24) is 14.8 Å². The number of hydrogen-bond acceptors (Lipinski definition) is 1. The minimum absolute atomic E-state index is 0.0745. The van der Waals surface area contributed by atoms with Crippen LogP contribution in [-0.4, -0.2) is 29.6 Å². The molecule has 2 aromatic rings. The maximum atomic E-state index is 11.6. The molecule has 1 heterocycles. The van der Waals surface area contributed by atoms with Gasteiger partial charge >= 0.3 is 6.03 Å². The predicted octanol–water partition coefficient (Wildman–Crippen LogP) is 2.87. The van der Waals surface area contributed by atoms with Gasteiger partial charge in [0.2, 0.25) is 0 Å². The van der Waals surface area contributed by atoms with Crippen molar-refractivity contribution in [2.24, 2.45) is 0 Å². The number of nitrogens with one attached hydrogen (secondary N) is 1. The van der Waals surface area contributed by atoms with E-state index in [1.165, 1.54) is 10.6 Å². The van der Waals surface area contributed by atoms with E-state index in [1.807, 2.05) is 18.2 Å². The summed E-state index contributed by atoms with van der Waals surface area (Å²) < 4.78 is 2.21. The van der Waals surface area contributed by atoms with Crippen LogP contribution in [0, 0.1) is 13.8 Å². The molecule has 0 atom stereocenters. The van der Waals surface area contributed by atoms with Gasteiger partial charge in [-0.05, 0) is 37.6 Å². The number of amides is 2. The van der Waals surface area contributed by atoms with Gasteiger partial charge in [0.15, 0.2) is 0 Å². The second-order valence-electron chi connectivity index (χ2n) is 5.12. The van der Waals surface area contributed by atoms with Crippen LogP contribution in [0.15, 0.2) is 36.4 Å². The lowest BCUT2D eigenvalue weighted by atomic mass is 10.2. The number of benzene rings is 1. The van der Waals surface area contributed by atoms with Gasteiger partial charge in [0, 0.05) is 37.7 Å². The third-order valence-corrected chi connectivity index (χ3v) is 3.39. The molecule has 0 radical (unpaired) electrons. The fourth-order valence-corrected chi connectivity index (χ4v) is 2.31. The number of para-hydroxylation sites is 1. The van der Waals surface area contributed by atoms with Gasteiger partial charge in [0.1, 0.15) is 0 Å². The number of carbonyl (C=O) groups excluding carboxylic acids is 1. The number of carbonyl (C=O) groups is 1. The molecule has 4 nitrogen and oxygen atoms in total. The van der Waals surface area contributed by atoms with Gasteiger partial charge in [0.05, 0.1) is 0 Å². The molecule has 1 aromatic carbocycles. The molecule has 1 aromatic heterocycles. The molecule has 106 valence electrons. The molecule has 2 amide bonds. The lowest BCUT2D eigenvalue weighted by molar-refractivity contribution is 0.217. The van der Waals surface area contributed by atoms with Crippen molar-refractivity contribution in [3.8, 4) is 5.69 Å². The number of aryl methyl sites for hydroxylation is 1. The second-order valence-corrected chi connectivity index (χ2v) is 5.12. The zero-order valence-electron chi connectivity index (χ0n) is 12.5. The standard InChI is InChI=1S/C16H21N3O/c1-12-10-14(11-17-16(20)18(3)4)13(2)19(12)15-8-6-5-7-9-15/h5-10H,11H2,1-4H3,(H,17,20). The van der Waals surface area contributed by atoms with Gasteiger partial charge in [-0.2, -0.15) is 0 Å². The molecular formula is C16H21N3O. The first-order valence-corrected chi connectivity index (χ1v) is 6.69. The van der Waals surface area contributed by atoms with Crippen molar-refractivity contribution in [1.29, 1.82) is 0 Å². The van der Waals surface area contributed by atoms with Crippen LogP contribution in [0.1, 0.15) is 17.0 Å². The van der Waals surface area contributed by atoms with E-state index in [-0.39, 0.29) is 6.03 Å². The van der Waals surface area contributed by atoms with Crippen LogP contribution in [-0.2, 0) is 6.54 Å². The van der Waals surface area contributed by atoms with E-state index in [2.05, 4.69) is 41.9 Å². The molecule has 0 aliphatic heterocycles. The van der Waals surface area contributed by atoms with Crippen molar-refractivity contribution in [3.05, 3.63) is 53.3 Å². The summed E-state index contributed by atoms with van der Waals surface area (Å²) >= 11 is 0. The average molecular weight is 271 g/mol. The van der Waals surface area contributed by atoms with E-state index in [1.54, 1.807) is 14.1 Å². The number of nitrogens with zero attached hydrogens (tertiary/aromatic N) is 2. The van der Waals surface area contributed by atoms with Crippen LogP contribution in [0.3, 0.4) is 0 Å².